The van der Waals surface area contributed by atoms with Crippen LogP contribution in [0.15, 0.2) is 60.8 Å². The molecular formula is C20H12F6N6O2. The topological polar surface area (TPSA) is 97.8 Å². The second-order valence-electron chi connectivity index (χ2n) is 6.56. The molecule has 4 rings (SSSR count). The van der Waals surface area contributed by atoms with E-state index in [9.17, 15) is 26.3 Å². The van der Waals surface area contributed by atoms with E-state index in [1.807, 2.05) is 0 Å². The van der Waals surface area contributed by atoms with Crippen molar-refractivity contribution in [1.29, 1.82) is 0 Å². The summed E-state index contributed by atoms with van der Waals surface area (Å²) in [7, 11) is 0. The molecule has 0 unspecified atom stereocenters. The number of anilines is 2. The van der Waals surface area contributed by atoms with Gasteiger partial charge in [0.1, 0.15) is 5.75 Å². The molecule has 0 amide bonds. The third kappa shape index (κ3) is 5.90. The van der Waals surface area contributed by atoms with Crippen LogP contribution in [0.5, 0.6) is 17.6 Å². The molecule has 2 N–H and O–H groups in total. The Balaban J connectivity index is 1.43. The van der Waals surface area contributed by atoms with E-state index in [0.29, 0.717) is 11.4 Å². The first-order chi connectivity index (χ1) is 16.0. The number of nitrogens with one attached hydrogen (secondary N) is 2. The van der Waals surface area contributed by atoms with Crippen LogP contribution in [0, 0.1) is 0 Å². The lowest BCUT2D eigenvalue weighted by molar-refractivity contribution is -0.277. The van der Waals surface area contributed by atoms with E-state index >= 15 is 0 Å². The van der Waals surface area contributed by atoms with Gasteiger partial charge in [0, 0.05) is 23.5 Å². The highest BCUT2D eigenvalue weighted by atomic mass is 19.4. The number of aromatic nitrogens is 5. The highest BCUT2D eigenvalue weighted by Crippen LogP contribution is 2.31. The Kier molecular flexibility index (Phi) is 5.96. The number of halogens is 6. The molecule has 0 saturated heterocycles. The number of rotatable bonds is 6. The van der Waals surface area contributed by atoms with Gasteiger partial charge >= 0.3 is 18.5 Å². The smallest absolute Gasteiger partial charge is 0.439 e. The van der Waals surface area contributed by atoms with Crippen LogP contribution in [0.3, 0.4) is 0 Å². The molecule has 2 aromatic heterocycles. The van der Waals surface area contributed by atoms with Gasteiger partial charge in [0.2, 0.25) is 11.8 Å². The second-order valence-corrected chi connectivity index (χ2v) is 6.56. The Morgan fingerprint density at radius 2 is 1.65 bits per heavy atom. The number of benzene rings is 2. The first kappa shape index (κ1) is 22.8. The predicted octanol–water partition coefficient (Wildman–Crippen LogP) is 5.72. The normalized spacial score (nSPS) is 11.8. The van der Waals surface area contributed by atoms with E-state index < -0.39 is 24.1 Å². The van der Waals surface area contributed by atoms with E-state index in [4.69, 9.17) is 4.74 Å². The fourth-order valence-corrected chi connectivity index (χ4v) is 2.69. The minimum atomic E-state index is -4.94. The Labute approximate surface area is 186 Å². The summed E-state index contributed by atoms with van der Waals surface area (Å²) in [5.41, 5.74) is -0.104. The summed E-state index contributed by atoms with van der Waals surface area (Å²) in [6.07, 6.45) is -8.37. The van der Waals surface area contributed by atoms with Gasteiger partial charge in [0.05, 0.1) is 5.56 Å². The molecule has 0 saturated carbocycles. The summed E-state index contributed by atoms with van der Waals surface area (Å²) in [6, 6.07) is 11.1. The molecule has 4 aromatic rings. The van der Waals surface area contributed by atoms with Crippen LogP contribution >= 0.6 is 0 Å². The molecule has 0 fully saturated rings. The van der Waals surface area contributed by atoms with Crippen LogP contribution in [0.2, 0.25) is 0 Å². The number of hydrogen-bond acceptors (Lipinski definition) is 7. The summed E-state index contributed by atoms with van der Waals surface area (Å²) in [5, 5.41) is 9.27. The standard InChI is InChI=1S/C20H12F6N6O2/c21-19(22,23)12-2-1-3-13(10-12)28-17-30-16(31-32-17)11-4-6-14(7-5-11)33-15-8-9-27-18(29-15)34-20(24,25)26/h1-10H,(H2,28,30,31,32). The Hall–Kier alpha value is -4.36. The number of nitrogens with zero attached hydrogens (tertiary/aromatic N) is 4. The van der Waals surface area contributed by atoms with Gasteiger partial charge in [-0.05, 0) is 42.5 Å². The van der Waals surface area contributed by atoms with E-state index in [0.717, 1.165) is 18.3 Å². The van der Waals surface area contributed by atoms with Crippen molar-refractivity contribution < 1.29 is 35.8 Å². The number of H-pyrrole nitrogens is 1. The first-order valence-electron chi connectivity index (χ1n) is 9.29. The number of ether oxygens (including phenoxy) is 2. The van der Waals surface area contributed by atoms with Crippen LogP contribution in [-0.2, 0) is 6.18 Å². The van der Waals surface area contributed by atoms with Gasteiger partial charge in [0.25, 0.3) is 0 Å². The van der Waals surface area contributed by atoms with Crippen molar-refractivity contribution in [2.45, 2.75) is 12.5 Å². The zero-order valence-electron chi connectivity index (χ0n) is 16.6. The van der Waals surface area contributed by atoms with E-state index in [-0.39, 0.29) is 23.3 Å². The minimum Gasteiger partial charge on any atom is -0.439 e. The lowest BCUT2D eigenvalue weighted by atomic mass is 10.2. The third-order valence-corrected chi connectivity index (χ3v) is 4.10. The molecule has 0 atom stereocenters. The van der Waals surface area contributed by atoms with Crippen LogP contribution in [0.25, 0.3) is 11.4 Å². The molecule has 0 radical (unpaired) electrons. The molecule has 0 spiro atoms. The van der Waals surface area contributed by atoms with Crippen LogP contribution < -0.4 is 14.8 Å². The molecule has 176 valence electrons. The molecule has 0 aliphatic carbocycles. The van der Waals surface area contributed by atoms with Crippen LogP contribution in [0.4, 0.5) is 38.0 Å². The molecule has 0 aliphatic rings. The molecule has 2 aromatic carbocycles. The maximum atomic E-state index is 12.9. The summed E-state index contributed by atoms with van der Waals surface area (Å²) < 4.78 is 84.5. The lowest BCUT2D eigenvalue weighted by Gasteiger charge is -2.09. The molecule has 0 bridgehead atoms. The monoisotopic (exact) mass is 482 g/mol. The third-order valence-electron chi connectivity index (χ3n) is 4.10. The van der Waals surface area contributed by atoms with E-state index in [2.05, 4.69) is 35.2 Å². The Morgan fingerprint density at radius 3 is 2.35 bits per heavy atom. The second kappa shape index (κ2) is 8.88. The SMILES string of the molecule is FC(F)(F)Oc1nccc(Oc2ccc(-c3nc(Nc4cccc(C(F)(F)F)c4)n[nH]3)cc2)n1. The fraction of sp³-hybridized carbons (Fsp3) is 0.100. The zero-order valence-corrected chi connectivity index (χ0v) is 16.6. The summed E-state index contributed by atoms with van der Waals surface area (Å²) in [6.45, 7) is 0. The van der Waals surface area contributed by atoms with Gasteiger partial charge in [-0.2, -0.15) is 23.1 Å². The van der Waals surface area contributed by atoms with Gasteiger partial charge in [-0.3, -0.25) is 5.10 Å². The van der Waals surface area contributed by atoms with Gasteiger partial charge < -0.3 is 14.8 Å². The summed E-state index contributed by atoms with van der Waals surface area (Å²) in [4.78, 5) is 11.1. The molecular weight excluding hydrogens is 470 g/mol. The molecule has 14 heteroatoms. The number of hydrogen-bond donors (Lipinski definition) is 2. The Morgan fingerprint density at radius 1 is 0.882 bits per heavy atom. The zero-order chi connectivity index (χ0) is 24.3. The lowest BCUT2D eigenvalue weighted by Crippen LogP contribution is -2.18. The van der Waals surface area contributed by atoms with E-state index in [1.54, 1.807) is 12.1 Å². The van der Waals surface area contributed by atoms with E-state index in [1.165, 1.54) is 30.3 Å². The average molecular weight is 482 g/mol. The number of alkyl halides is 6. The highest BCUT2D eigenvalue weighted by molar-refractivity contribution is 5.60. The molecule has 8 nitrogen and oxygen atoms in total. The number of aromatic amines is 1. The minimum absolute atomic E-state index is 0.0489. The van der Waals surface area contributed by atoms with Gasteiger partial charge in [-0.25, -0.2) is 4.98 Å². The van der Waals surface area contributed by atoms with Crippen molar-refractivity contribution in [2.75, 3.05) is 5.32 Å². The maximum Gasteiger partial charge on any atom is 0.575 e. The molecule has 34 heavy (non-hydrogen) atoms. The molecule has 2 heterocycles. The van der Waals surface area contributed by atoms with Gasteiger partial charge in [-0.1, -0.05) is 6.07 Å². The van der Waals surface area contributed by atoms with Crippen molar-refractivity contribution in [3.05, 3.63) is 66.4 Å². The van der Waals surface area contributed by atoms with Crippen LogP contribution in [-0.4, -0.2) is 31.5 Å². The highest BCUT2D eigenvalue weighted by Gasteiger charge is 2.33. The summed E-state index contributed by atoms with van der Waals surface area (Å²) in [5.74, 6) is 0.438. The predicted molar refractivity (Wildman–Crippen MR) is 105 cm³/mol. The largest absolute Gasteiger partial charge is 0.575 e. The Bertz CT molecular complexity index is 1270. The van der Waals surface area contributed by atoms with Gasteiger partial charge in [0.15, 0.2) is 5.82 Å². The fourth-order valence-electron chi connectivity index (χ4n) is 2.69. The van der Waals surface area contributed by atoms with Crippen molar-refractivity contribution in [1.82, 2.24) is 25.1 Å². The average Bonchev–Trinajstić information content (AvgIpc) is 3.21. The molecule has 0 aliphatic heterocycles. The van der Waals surface area contributed by atoms with Crippen molar-refractivity contribution in [3.63, 3.8) is 0 Å². The van der Waals surface area contributed by atoms with Crippen molar-refractivity contribution >= 4 is 11.6 Å². The maximum absolute atomic E-state index is 12.9. The summed E-state index contributed by atoms with van der Waals surface area (Å²) >= 11 is 0. The first-order valence-corrected chi connectivity index (χ1v) is 9.29. The van der Waals surface area contributed by atoms with Crippen molar-refractivity contribution in [3.8, 4) is 29.0 Å². The quantitative estimate of drug-likeness (QED) is 0.340. The van der Waals surface area contributed by atoms with Gasteiger partial charge in [-0.15, -0.1) is 18.3 Å². The van der Waals surface area contributed by atoms with Crippen molar-refractivity contribution in [2.24, 2.45) is 0 Å². The van der Waals surface area contributed by atoms with Crippen LogP contribution in [0.1, 0.15) is 5.56 Å².